The Morgan fingerprint density at radius 3 is 2.41 bits per heavy atom. The molecule has 0 unspecified atom stereocenters. The van der Waals surface area contributed by atoms with Crippen LogP contribution in [0.4, 0.5) is 4.39 Å². The Balaban J connectivity index is 2.48. The van der Waals surface area contributed by atoms with E-state index in [4.69, 9.17) is 0 Å². The van der Waals surface area contributed by atoms with E-state index in [-0.39, 0.29) is 12.4 Å². The van der Waals surface area contributed by atoms with Crippen molar-refractivity contribution in [3.05, 3.63) is 45.9 Å². The minimum absolute atomic E-state index is 0.0315. The van der Waals surface area contributed by atoms with E-state index in [0.717, 1.165) is 16.7 Å². The van der Waals surface area contributed by atoms with Crippen LogP contribution in [0.25, 0.3) is 11.1 Å². The summed E-state index contributed by atoms with van der Waals surface area (Å²) in [6.07, 6.45) is 0. The molecule has 90 valence electrons. The van der Waals surface area contributed by atoms with Crippen LogP contribution in [0.3, 0.4) is 0 Å². The number of aliphatic hydroxyl groups excluding tert-OH is 1. The van der Waals surface area contributed by atoms with Crippen molar-refractivity contribution in [3.8, 4) is 11.1 Å². The molecule has 1 heterocycles. The first kappa shape index (κ1) is 12.3. The predicted molar refractivity (Wildman–Crippen MR) is 69.7 cm³/mol. The van der Waals surface area contributed by atoms with Gasteiger partial charge in [0.05, 0.1) is 6.61 Å². The highest BCUT2D eigenvalue weighted by Crippen LogP contribution is 2.35. The van der Waals surface area contributed by atoms with E-state index in [1.165, 1.54) is 17.0 Å². The fraction of sp³-hybridized carbons (Fsp3) is 0.286. The second-order valence-electron chi connectivity index (χ2n) is 4.31. The zero-order valence-electron chi connectivity index (χ0n) is 9.90. The first-order valence-corrected chi connectivity index (χ1v) is 6.48. The third-order valence-corrected chi connectivity index (χ3v) is 4.09. The Hall–Kier alpha value is -1.19. The van der Waals surface area contributed by atoms with Gasteiger partial charge in [0.25, 0.3) is 0 Å². The van der Waals surface area contributed by atoms with Gasteiger partial charge in [0, 0.05) is 4.88 Å². The van der Waals surface area contributed by atoms with Gasteiger partial charge in [-0.2, -0.15) is 0 Å². The molecule has 0 aliphatic carbocycles. The third kappa shape index (κ3) is 2.40. The van der Waals surface area contributed by atoms with Crippen LogP contribution in [0.5, 0.6) is 0 Å². The Morgan fingerprint density at radius 2 is 1.88 bits per heavy atom. The number of benzene rings is 1. The lowest BCUT2D eigenvalue weighted by atomic mass is 10.00. The Bertz CT molecular complexity index is 499. The second kappa shape index (κ2) is 4.98. The predicted octanol–water partition coefficient (Wildman–Crippen LogP) is 4.17. The van der Waals surface area contributed by atoms with Crippen molar-refractivity contribution in [2.75, 3.05) is 0 Å². The second-order valence-corrected chi connectivity index (χ2v) is 5.22. The van der Waals surface area contributed by atoms with E-state index in [9.17, 15) is 9.50 Å². The zero-order chi connectivity index (χ0) is 12.4. The smallest absolute Gasteiger partial charge is 0.123 e. The Labute approximate surface area is 105 Å². The van der Waals surface area contributed by atoms with Gasteiger partial charge in [-0.15, -0.1) is 11.3 Å². The highest BCUT2D eigenvalue weighted by atomic mass is 32.1. The fourth-order valence-electron chi connectivity index (χ4n) is 1.92. The fourth-order valence-corrected chi connectivity index (χ4v) is 3.03. The molecule has 17 heavy (non-hydrogen) atoms. The average Bonchev–Trinajstić information content (AvgIpc) is 2.73. The molecule has 0 saturated carbocycles. The molecule has 0 aliphatic rings. The van der Waals surface area contributed by atoms with Crippen LogP contribution in [0.1, 0.15) is 30.2 Å². The van der Waals surface area contributed by atoms with Crippen molar-refractivity contribution in [2.24, 2.45) is 0 Å². The molecule has 0 atom stereocenters. The van der Waals surface area contributed by atoms with Gasteiger partial charge in [-0.05, 0) is 40.1 Å². The van der Waals surface area contributed by atoms with E-state index < -0.39 is 0 Å². The van der Waals surface area contributed by atoms with Gasteiger partial charge in [0.15, 0.2) is 0 Å². The summed E-state index contributed by atoms with van der Waals surface area (Å²) in [4.78, 5) is 1.20. The molecule has 1 aromatic carbocycles. The molecule has 0 fully saturated rings. The molecule has 1 aromatic heterocycles. The van der Waals surface area contributed by atoms with Crippen molar-refractivity contribution in [2.45, 2.75) is 26.4 Å². The summed E-state index contributed by atoms with van der Waals surface area (Å²) >= 11 is 1.65. The molecule has 1 nitrogen and oxygen atoms in total. The van der Waals surface area contributed by atoms with Crippen LogP contribution in [-0.2, 0) is 6.61 Å². The van der Waals surface area contributed by atoms with Crippen LogP contribution in [0, 0.1) is 5.82 Å². The molecule has 1 N–H and O–H groups in total. The Morgan fingerprint density at radius 1 is 1.24 bits per heavy atom. The minimum Gasteiger partial charge on any atom is -0.392 e. The zero-order valence-corrected chi connectivity index (χ0v) is 10.7. The van der Waals surface area contributed by atoms with Gasteiger partial charge in [-0.3, -0.25) is 0 Å². The number of halogens is 1. The van der Waals surface area contributed by atoms with E-state index >= 15 is 0 Å². The number of rotatable bonds is 3. The molecular formula is C14H15FOS. The summed E-state index contributed by atoms with van der Waals surface area (Å²) in [5, 5.41) is 11.5. The standard InChI is InChI=1S/C14H15FOS/c1-9(2)14-12(7-16)13(8-17-14)10-3-5-11(15)6-4-10/h3-6,8-9,16H,7H2,1-2H3. The van der Waals surface area contributed by atoms with Crippen molar-refractivity contribution in [1.82, 2.24) is 0 Å². The molecule has 0 spiro atoms. The van der Waals surface area contributed by atoms with Crippen molar-refractivity contribution >= 4 is 11.3 Å². The lowest BCUT2D eigenvalue weighted by Gasteiger charge is -2.07. The van der Waals surface area contributed by atoms with Gasteiger partial charge < -0.3 is 5.11 Å². The Kier molecular flexibility index (Phi) is 3.60. The minimum atomic E-state index is -0.237. The summed E-state index contributed by atoms with van der Waals surface area (Å²) in [6, 6.07) is 6.40. The van der Waals surface area contributed by atoms with Gasteiger partial charge in [0.1, 0.15) is 5.82 Å². The van der Waals surface area contributed by atoms with Crippen LogP contribution >= 0.6 is 11.3 Å². The van der Waals surface area contributed by atoms with Crippen LogP contribution < -0.4 is 0 Å². The first-order chi connectivity index (χ1) is 8.13. The van der Waals surface area contributed by atoms with Crippen molar-refractivity contribution in [3.63, 3.8) is 0 Å². The lowest BCUT2D eigenvalue weighted by Crippen LogP contribution is -1.92. The highest BCUT2D eigenvalue weighted by molar-refractivity contribution is 7.10. The van der Waals surface area contributed by atoms with E-state index in [2.05, 4.69) is 13.8 Å². The van der Waals surface area contributed by atoms with Crippen LogP contribution in [-0.4, -0.2) is 5.11 Å². The largest absolute Gasteiger partial charge is 0.392 e. The van der Waals surface area contributed by atoms with Crippen molar-refractivity contribution in [1.29, 1.82) is 0 Å². The normalized spacial score (nSPS) is 11.1. The molecule has 0 aliphatic heterocycles. The average molecular weight is 250 g/mol. The van der Waals surface area contributed by atoms with E-state index in [1.807, 2.05) is 5.38 Å². The number of thiophene rings is 1. The van der Waals surface area contributed by atoms with Crippen LogP contribution in [0.15, 0.2) is 29.6 Å². The highest BCUT2D eigenvalue weighted by Gasteiger charge is 2.14. The molecule has 0 bridgehead atoms. The first-order valence-electron chi connectivity index (χ1n) is 5.60. The maximum Gasteiger partial charge on any atom is 0.123 e. The van der Waals surface area contributed by atoms with E-state index in [0.29, 0.717) is 5.92 Å². The third-order valence-electron chi connectivity index (χ3n) is 2.76. The maximum absolute atomic E-state index is 12.9. The molecule has 2 rings (SSSR count). The molecule has 0 radical (unpaired) electrons. The molecule has 0 saturated heterocycles. The maximum atomic E-state index is 12.9. The number of hydrogen-bond acceptors (Lipinski definition) is 2. The number of aliphatic hydroxyl groups is 1. The molecule has 3 heteroatoms. The quantitative estimate of drug-likeness (QED) is 0.866. The SMILES string of the molecule is CC(C)c1scc(-c2ccc(F)cc2)c1CO. The summed E-state index contributed by atoms with van der Waals surface area (Å²) in [5.74, 6) is 0.162. The van der Waals surface area contributed by atoms with Crippen molar-refractivity contribution < 1.29 is 9.50 Å². The van der Waals surface area contributed by atoms with Gasteiger partial charge in [-0.1, -0.05) is 26.0 Å². The summed E-state index contributed by atoms with van der Waals surface area (Å²) in [5.41, 5.74) is 2.94. The van der Waals surface area contributed by atoms with Gasteiger partial charge in [0.2, 0.25) is 0 Å². The summed E-state index contributed by atoms with van der Waals surface area (Å²) in [7, 11) is 0. The van der Waals surface area contributed by atoms with E-state index in [1.54, 1.807) is 23.5 Å². The molecular weight excluding hydrogens is 235 g/mol. The summed E-state index contributed by atoms with van der Waals surface area (Å²) in [6.45, 7) is 4.25. The molecule has 2 aromatic rings. The lowest BCUT2D eigenvalue weighted by molar-refractivity contribution is 0.281. The van der Waals surface area contributed by atoms with Gasteiger partial charge in [-0.25, -0.2) is 4.39 Å². The van der Waals surface area contributed by atoms with Crippen LogP contribution in [0.2, 0.25) is 0 Å². The monoisotopic (exact) mass is 250 g/mol. The van der Waals surface area contributed by atoms with Gasteiger partial charge >= 0.3 is 0 Å². The number of hydrogen-bond donors (Lipinski definition) is 1. The summed E-state index contributed by atoms with van der Waals surface area (Å²) < 4.78 is 12.9. The topological polar surface area (TPSA) is 20.2 Å². The molecule has 0 amide bonds.